The maximum Gasteiger partial charge on any atom is 0.312 e. The number of rotatable bonds is 10. The molecule has 1 spiro atoms. The SMILES string of the molecule is C=CCN(Cc1ccccc1)C(=O)[C@@H]1N([C@@H](CC)CO)C(=O)[C@H]2[C@H](C(=O)OCC)[C@@H]3CC[C@]12O3. The first-order valence-corrected chi connectivity index (χ1v) is 12.1. The standard InChI is InChI=1S/C26H34N2O6/c1-4-14-27(15-17-10-8-7-9-11-17)24(31)22-26-13-12-19(34-26)20(25(32)33-6-3)21(26)23(30)28(22)18(5-2)16-29/h4,7-11,18-22,29H,1,5-6,12-16H2,2-3H3/t18-,19-,20+,21+,22-,26+/m0/s1. The van der Waals surface area contributed by atoms with Crippen molar-refractivity contribution in [3.63, 3.8) is 0 Å². The second-order valence-corrected chi connectivity index (χ2v) is 9.29. The minimum absolute atomic E-state index is 0.209. The molecule has 8 heteroatoms. The Kier molecular flexibility index (Phi) is 7.09. The molecule has 34 heavy (non-hydrogen) atoms. The van der Waals surface area contributed by atoms with Gasteiger partial charge in [-0.25, -0.2) is 0 Å². The summed E-state index contributed by atoms with van der Waals surface area (Å²) in [5.41, 5.74) is -0.146. The quantitative estimate of drug-likeness (QED) is 0.415. The van der Waals surface area contributed by atoms with Crippen LogP contribution in [0.5, 0.6) is 0 Å². The van der Waals surface area contributed by atoms with Gasteiger partial charge in [-0.05, 0) is 31.7 Å². The maximum atomic E-state index is 14.2. The van der Waals surface area contributed by atoms with Gasteiger partial charge in [-0.2, -0.15) is 0 Å². The molecule has 6 atom stereocenters. The number of amides is 2. The van der Waals surface area contributed by atoms with Crippen LogP contribution in [0.1, 0.15) is 38.7 Å². The maximum absolute atomic E-state index is 14.2. The fourth-order valence-corrected chi connectivity index (χ4v) is 6.05. The molecule has 8 nitrogen and oxygen atoms in total. The zero-order chi connectivity index (χ0) is 24.5. The molecule has 184 valence electrons. The molecular formula is C26H34N2O6. The molecule has 0 unspecified atom stereocenters. The summed E-state index contributed by atoms with van der Waals surface area (Å²) in [6, 6.07) is 8.16. The zero-order valence-corrected chi connectivity index (χ0v) is 19.9. The molecule has 4 rings (SSSR count). The Morgan fingerprint density at radius 3 is 2.71 bits per heavy atom. The summed E-state index contributed by atoms with van der Waals surface area (Å²) in [4.78, 5) is 44.0. The van der Waals surface area contributed by atoms with Crippen LogP contribution in [0, 0.1) is 11.8 Å². The molecule has 3 heterocycles. The van der Waals surface area contributed by atoms with Crippen LogP contribution in [-0.4, -0.2) is 76.2 Å². The van der Waals surface area contributed by atoms with E-state index in [1.165, 1.54) is 4.90 Å². The first-order valence-electron chi connectivity index (χ1n) is 12.1. The molecular weight excluding hydrogens is 436 g/mol. The molecule has 1 aromatic rings. The van der Waals surface area contributed by atoms with E-state index in [0.29, 0.717) is 32.4 Å². The second-order valence-electron chi connectivity index (χ2n) is 9.29. The summed E-state index contributed by atoms with van der Waals surface area (Å²) in [5, 5.41) is 10.1. The summed E-state index contributed by atoms with van der Waals surface area (Å²) in [6.45, 7) is 8.00. The topological polar surface area (TPSA) is 96.4 Å². The van der Waals surface area contributed by atoms with E-state index in [4.69, 9.17) is 9.47 Å². The van der Waals surface area contributed by atoms with Gasteiger partial charge in [0.2, 0.25) is 11.8 Å². The molecule has 3 aliphatic heterocycles. The van der Waals surface area contributed by atoms with E-state index in [9.17, 15) is 19.5 Å². The Morgan fingerprint density at radius 1 is 1.35 bits per heavy atom. The number of benzene rings is 1. The van der Waals surface area contributed by atoms with Crippen molar-refractivity contribution in [1.29, 1.82) is 0 Å². The number of carbonyl (C=O) groups excluding carboxylic acids is 3. The van der Waals surface area contributed by atoms with Gasteiger partial charge in [0.05, 0.1) is 37.2 Å². The van der Waals surface area contributed by atoms with Crippen molar-refractivity contribution < 1.29 is 29.0 Å². The van der Waals surface area contributed by atoms with Gasteiger partial charge in [-0.15, -0.1) is 6.58 Å². The highest BCUT2D eigenvalue weighted by Gasteiger charge is 2.75. The van der Waals surface area contributed by atoms with Gasteiger partial charge in [-0.1, -0.05) is 43.3 Å². The molecule has 0 saturated carbocycles. The number of hydrogen-bond acceptors (Lipinski definition) is 6. The van der Waals surface area contributed by atoms with Crippen molar-refractivity contribution in [1.82, 2.24) is 9.80 Å². The van der Waals surface area contributed by atoms with E-state index in [1.807, 2.05) is 37.3 Å². The molecule has 3 aliphatic rings. The number of hydrogen-bond donors (Lipinski definition) is 1. The molecule has 2 amide bonds. The summed E-state index contributed by atoms with van der Waals surface area (Å²) < 4.78 is 11.7. The van der Waals surface area contributed by atoms with Gasteiger partial charge < -0.3 is 24.4 Å². The van der Waals surface area contributed by atoms with Gasteiger partial charge in [0.1, 0.15) is 11.6 Å². The monoisotopic (exact) mass is 470 g/mol. The molecule has 0 aliphatic carbocycles. The van der Waals surface area contributed by atoms with Crippen molar-refractivity contribution in [3.05, 3.63) is 48.6 Å². The van der Waals surface area contributed by atoms with Crippen LogP contribution in [-0.2, 0) is 30.4 Å². The molecule has 2 bridgehead atoms. The number of likely N-dealkylation sites (tertiary alicyclic amines) is 1. The lowest BCUT2D eigenvalue weighted by atomic mass is 9.70. The van der Waals surface area contributed by atoms with Gasteiger partial charge in [-0.3, -0.25) is 14.4 Å². The van der Waals surface area contributed by atoms with Gasteiger partial charge in [0.25, 0.3) is 0 Å². The lowest BCUT2D eigenvalue weighted by Gasteiger charge is -2.39. The van der Waals surface area contributed by atoms with Crippen LogP contribution in [0.4, 0.5) is 0 Å². The van der Waals surface area contributed by atoms with Gasteiger partial charge >= 0.3 is 5.97 Å². The van der Waals surface area contributed by atoms with Crippen LogP contribution in [0.2, 0.25) is 0 Å². The summed E-state index contributed by atoms with van der Waals surface area (Å²) in [6.07, 6.45) is 2.78. The second kappa shape index (κ2) is 9.88. The number of aliphatic hydroxyl groups excluding tert-OH is 1. The van der Waals surface area contributed by atoms with Gasteiger partial charge in [0.15, 0.2) is 0 Å². The van der Waals surface area contributed by atoms with E-state index >= 15 is 0 Å². The Bertz CT molecular complexity index is 932. The third kappa shape index (κ3) is 3.82. The number of esters is 1. The largest absolute Gasteiger partial charge is 0.466 e. The summed E-state index contributed by atoms with van der Waals surface area (Å²) in [5.74, 6) is -2.54. The number of aliphatic hydroxyl groups is 1. The summed E-state index contributed by atoms with van der Waals surface area (Å²) >= 11 is 0. The lowest BCUT2D eigenvalue weighted by molar-refractivity contribution is -0.156. The smallest absolute Gasteiger partial charge is 0.312 e. The fourth-order valence-electron chi connectivity index (χ4n) is 6.05. The van der Waals surface area contributed by atoms with E-state index in [1.54, 1.807) is 17.9 Å². The predicted molar refractivity (Wildman–Crippen MR) is 124 cm³/mol. The van der Waals surface area contributed by atoms with Crippen molar-refractivity contribution in [3.8, 4) is 0 Å². The molecule has 0 radical (unpaired) electrons. The lowest BCUT2D eigenvalue weighted by Crippen LogP contribution is -2.58. The molecule has 3 fully saturated rings. The van der Waals surface area contributed by atoms with Gasteiger partial charge in [0, 0.05) is 13.1 Å². The number of fused-ring (bicyclic) bond motifs is 1. The summed E-state index contributed by atoms with van der Waals surface area (Å²) in [7, 11) is 0. The van der Waals surface area contributed by atoms with Crippen LogP contribution in [0.3, 0.4) is 0 Å². The zero-order valence-electron chi connectivity index (χ0n) is 19.9. The van der Waals surface area contributed by atoms with E-state index in [-0.39, 0.29) is 25.0 Å². The van der Waals surface area contributed by atoms with Crippen LogP contribution < -0.4 is 0 Å². The Hall–Kier alpha value is -2.71. The first kappa shape index (κ1) is 24.4. The van der Waals surface area contributed by atoms with E-state index in [2.05, 4.69) is 6.58 Å². The average molecular weight is 471 g/mol. The highest BCUT2D eigenvalue weighted by molar-refractivity contribution is 5.98. The minimum atomic E-state index is -1.10. The van der Waals surface area contributed by atoms with Crippen LogP contribution in [0.15, 0.2) is 43.0 Å². The van der Waals surface area contributed by atoms with E-state index < -0.39 is 41.6 Å². The molecule has 1 N–H and O–H groups in total. The minimum Gasteiger partial charge on any atom is -0.466 e. The number of nitrogens with zero attached hydrogens (tertiary/aromatic N) is 2. The van der Waals surface area contributed by atoms with Crippen LogP contribution in [0.25, 0.3) is 0 Å². The highest BCUT2D eigenvalue weighted by atomic mass is 16.6. The van der Waals surface area contributed by atoms with Crippen molar-refractivity contribution >= 4 is 17.8 Å². The fraction of sp³-hybridized carbons (Fsp3) is 0.577. The predicted octanol–water partition coefficient (Wildman–Crippen LogP) is 1.91. The van der Waals surface area contributed by atoms with E-state index in [0.717, 1.165) is 5.56 Å². The Labute approximate surface area is 200 Å². The Morgan fingerprint density at radius 2 is 2.09 bits per heavy atom. The average Bonchev–Trinajstić information content (AvgIpc) is 3.48. The molecule has 1 aromatic carbocycles. The molecule has 0 aromatic heterocycles. The number of carbonyl (C=O) groups is 3. The van der Waals surface area contributed by atoms with Crippen molar-refractivity contribution in [2.45, 2.75) is 63.4 Å². The first-order chi connectivity index (χ1) is 16.4. The Balaban J connectivity index is 1.75. The van der Waals surface area contributed by atoms with Crippen LogP contribution >= 0.6 is 0 Å². The molecule has 3 saturated heterocycles. The number of ether oxygens (including phenoxy) is 2. The van der Waals surface area contributed by atoms with Crippen molar-refractivity contribution in [2.75, 3.05) is 19.8 Å². The third-order valence-electron chi connectivity index (χ3n) is 7.48. The highest BCUT2D eigenvalue weighted by Crippen LogP contribution is 2.59. The van der Waals surface area contributed by atoms with Crippen molar-refractivity contribution in [2.24, 2.45) is 11.8 Å². The normalized spacial score (nSPS) is 30.2. The third-order valence-corrected chi connectivity index (χ3v) is 7.48.